The molecule has 3 heterocycles. The average molecular weight is 403 g/mol. The van der Waals surface area contributed by atoms with E-state index in [-0.39, 0.29) is 5.91 Å². The van der Waals surface area contributed by atoms with Gasteiger partial charge in [-0.1, -0.05) is 23.7 Å². The lowest BCUT2D eigenvalue weighted by Crippen LogP contribution is -2.64. The highest BCUT2D eigenvalue weighted by Gasteiger charge is 2.48. The first-order chi connectivity index (χ1) is 13.4. The van der Waals surface area contributed by atoms with E-state index >= 15 is 0 Å². The van der Waals surface area contributed by atoms with Crippen molar-refractivity contribution in [3.05, 3.63) is 40.9 Å². The summed E-state index contributed by atoms with van der Waals surface area (Å²) in [5.74, 6) is 1.39. The van der Waals surface area contributed by atoms with Gasteiger partial charge < -0.3 is 26.0 Å². The fourth-order valence-corrected chi connectivity index (χ4v) is 3.83. The Morgan fingerprint density at radius 3 is 2.46 bits per heavy atom. The van der Waals surface area contributed by atoms with Crippen LogP contribution in [0, 0.1) is 5.41 Å². The minimum Gasteiger partial charge on any atom is -0.383 e. The number of halogens is 1. The van der Waals surface area contributed by atoms with Crippen molar-refractivity contribution >= 4 is 35.1 Å². The summed E-state index contributed by atoms with van der Waals surface area (Å²) < 4.78 is 5.38. The largest absolute Gasteiger partial charge is 0.383 e. The Hall–Kier alpha value is -2.58. The SMILES string of the molecule is NC(=O)C1(Cc2ccc(Cl)cc2)CN(c2cc(N)nc(N3CCOCC3)n2)C1. The number of morpholine rings is 1. The van der Waals surface area contributed by atoms with Gasteiger partial charge in [0.2, 0.25) is 11.9 Å². The van der Waals surface area contributed by atoms with Crippen LogP contribution in [0.15, 0.2) is 30.3 Å². The fraction of sp³-hybridized carbons (Fsp3) is 0.421. The van der Waals surface area contributed by atoms with Crippen LogP contribution in [0.5, 0.6) is 0 Å². The molecule has 4 rings (SSSR count). The van der Waals surface area contributed by atoms with Crippen LogP contribution in [0.25, 0.3) is 0 Å². The van der Waals surface area contributed by atoms with Gasteiger partial charge in [0.25, 0.3) is 0 Å². The van der Waals surface area contributed by atoms with Crippen LogP contribution in [-0.4, -0.2) is 55.3 Å². The monoisotopic (exact) mass is 402 g/mol. The highest BCUT2D eigenvalue weighted by molar-refractivity contribution is 6.30. The Bertz CT molecular complexity index is 863. The third-order valence-corrected chi connectivity index (χ3v) is 5.56. The second-order valence-corrected chi connectivity index (χ2v) is 7.79. The van der Waals surface area contributed by atoms with Crippen molar-refractivity contribution < 1.29 is 9.53 Å². The number of primary amides is 1. The number of nitrogens with two attached hydrogens (primary N) is 2. The van der Waals surface area contributed by atoms with E-state index in [0.717, 1.165) is 18.7 Å². The van der Waals surface area contributed by atoms with Gasteiger partial charge in [-0.2, -0.15) is 9.97 Å². The average Bonchev–Trinajstić information content (AvgIpc) is 2.66. The Labute approximate surface area is 168 Å². The summed E-state index contributed by atoms with van der Waals surface area (Å²) >= 11 is 5.95. The van der Waals surface area contributed by atoms with E-state index in [0.29, 0.717) is 55.3 Å². The van der Waals surface area contributed by atoms with Crippen molar-refractivity contribution in [1.29, 1.82) is 0 Å². The van der Waals surface area contributed by atoms with Crippen LogP contribution in [0.4, 0.5) is 17.6 Å². The number of hydrogen-bond acceptors (Lipinski definition) is 7. The molecule has 2 fully saturated rings. The second kappa shape index (κ2) is 7.44. The zero-order valence-electron chi connectivity index (χ0n) is 15.5. The van der Waals surface area contributed by atoms with E-state index in [1.165, 1.54) is 0 Å². The van der Waals surface area contributed by atoms with Crippen molar-refractivity contribution in [2.75, 3.05) is 54.9 Å². The summed E-state index contributed by atoms with van der Waals surface area (Å²) in [5, 5.41) is 0.666. The molecular weight excluding hydrogens is 380 g/mol. The van der Waals surface area contributed by atoms with Crippen molar-refractivity contribution in [1.82, 2.24) is 9.97 Å². The van der Waals surface area contributed by atoms with Gasteiger partial charge in [0.15, 0.2) is 0 Å². The highest BCUT2D eigenvalue weighted by atomic mass is 35.5. The van der Waals surface area contributed by atoms with E-state index in [1.54, 1.807) is 6.07 Å². The Morgan fingerprint density at radius 1 is 1.14 bits per heavy atom. The van der Waals surface area contributed by atoms with Gasteiger partial charge in [-0.05, 0) is 24.1 Å². The number of amides is 1. The molecule has 148 valence electrons. The zero-order valence-corrected chi connectivity index (χ0v) is 16.2. The van der Waals surface area contributed by atoms with Crippen LogP contribution in [-0.2, 0) is 16.0 Å². The molecule has 4 N–H and O–H groups in total. The Balaban J connectivity index is 1.51. The van der Waals surface area contributed by atoms with Crippen LogP contribution < -0.4 is 21.3 Å². The number of nitrogens with zero attached hydrogens (tertiary/aromatic N) is 4. The van der Waals surface area contributed by atoms with E-state index < -0.39 is 5.41 Å². The van der Waals surface area contributed by atoms with Crippen LogP contribution in [0.2, 0.25) is 5.02 Å². The van der Waals surface area contributed by atoms with Crippen LogP contribution >= 0.6 is 11.6 Å². The molecule has 1 aromatic heterocycles. The Kier molecular flexibility index (Phi) is 4.99. The number of carbonyl (C=O) groups is 1. The van der Waals surface area contributed by atoms with E-state index in [2.05, 4.69) is 14.9 Å². The van der Waals surface area contributed by atoms with Gasteiger partial charge in [0, 0.05) is 37.3 Å². The van der Waals surface area contributed by atoms with E-state index in [4.69, 9.17) is 27.8 Å². The number of aromatic nitrogens is 2. The maximum absolute atomic E-state index is 12.2. The first kappa shape index (κ1) is 18.8. The molecule has 1 amide bonds. The fourth-order valence-electron chi connectivity index (χ4n) is 3.70. The number of rotatable bonds is 5. The highest BCUT2D eigenvalue weighted by Crippen LogP contribution is 2.37. The van der Waals surface area contributed by atoms with Crippen LogP contribution in [0.1, 0.15) is 5.56 Å². The lowest BCUT2D eigenvalue weighted by atomic mass is 9.74. The molecule has 2 aliphatic rings. The molecule has 0 saturated carbocycles. The molecule has 0 aliphatic carbocycles. The smallest absolute Gasteiger partial charge is 0.229 e. The van der Waals surface area contributed by atoms with Gasteiger partial charge in [-0.25, -0.2) is 0 Å². The topological polar surface area (TPSA) is 111 Å². The first-order valence-electron chi connectivity index (χ1n) is 9.22. The standard InChI is InChI=1S/C19H23ClN6O2/c20-14-3-1-13(2-4-14)10-19(17(22)27)11-26(12-19)16-9-15(21)23-18(24-16)25-5-7-28-8-6-25/h1-4,9H,5-8,10-12H2,(H2,22,27)(H2,21,23,24). The number of anilines is 3. The lowest BCUT2D eigenvalue weighted by molar-refractivity contribution is -0.129. The number of carbonyl (C=O) groups excluding carboxylic acids is 1. The maximum Gasteiger partial charge on any atom is 0.229 e. The second-order valence-electron chi connectivity index (χ2n) is 7.35. The van der Waals surface area contributed by atoms with Gasteiger partial charge in [0.1, 0.15) is 11.6 Å². The summed E-state index contributed by atoms with van der Waals surface area (Å²) in [6, 6.07) is 9.23. The molecule has 2 aliphatic heterocycles. The van der Waals surface area contributed by atoms with Crippen LogP contribution in [0.3, 0.4) is 0 Å². The minimum atomic E-state index is -0.632. The predicted octanol–water partition coefficient (Wildman–Crippen LogP) is 1.08. The summed E-state index contributed by atoms with van der Waals surface area (Å²) in [6.45, 7) is 3.72. The van der Waals surface area contributed by atoms with Crippen molar-refractivity contribution in [2.24, 2.45) is 11.1 Å². The minimum absolute atomic E-state index is 0.311. The zero-order chi connectivity index (χ0) is 19.7. The molecule has 0 atom stereocenters. The molecule has 28 heavy (non-hydrogen) atoms. The predicted molar refractivity (Wildman–Crippen MR) is 108 cm³/mol. The Morgan fingerprint density at radius 2 is 1.82 bits per heavy atom. The lowest BCUT2D eigenvalue weighted by Gasteiger charge is -2.49. The van der Waals surface area contributed by atoms with Gasteiger partial charge >= 0.3 is 0 Å². The molecule has 0 radical (unpaired) electrons. The molecule has 0 bridgehead atoms. The van der Waals surface area contributed by atoms with Gasteiger partial charge in [-0.15, -0.1) is 0 Å². The molecule has 8 nitrogen and oxygen atoms in total. The summed E-state index contributed by atoms with van der Waals surface area (Å²) in [6.07, 6.45) is 0.562. The molecule has 1 aromatic carbocycles. The van der Waals surface area contributed by atoms with Gasteiger partial charge in [-0.3, -0.25) is 4.79 Å². The number of benzene rings is 1. The molecule has 2 saturated heterocycles. The number of hydrogen-bond donors (Lipinski definition) is 2. The number of nitrogen functional groups attached to an aromatic ring is 1. The quantitative estimate of drug-likeness (QED) is 0.769. The molecule has 0 unspecified atom stereocenters. The molecular formula is C19H23ClN6O2. The summed E-state index contributed by atoms with van der Waals surface area (Å²) in [5.41, 5.74) is 12.2. The molecule has 9 heteroatoms. The van der Waals surface area contributed by atoms with Crippen molar-refractivity contribution in [3.8, 4) is 0 Å². The first-order valence-corrected chi connectivity index (χ1v) is 9.60. The molecule has 2 aromatic rings. The van der Waals surface area contributed by atoms with Crippen molar-refractivity contribution in [3.63, 3.8) is 0 Å². The third-order valence-electron chi connectivity index (χ3n) is 5.30. The van der Waals surface area contributed by atoms with Crippen molar-refractivity contribution in [2.45, 2.75) is 6.42 Å². The number of ether oxygens (including phenoxy) is 1. The van der Waals surface area contributed by atoms with E-state index in [9.17, 15) is 4.79 Å². The van der Waals surface area contributed by atoms with Gasteiger partial charge in [0.05, 0.1) is 18.6 Å². The normalized spacial score (nSPS) is 18.6. The summed E-state index contributed by atoms with van der Waals surface area (Å²) in [4.78, 5) is 25.3. The third kappa shape index (κ3) is 3.70. The molecule has 0 spiro atoms. The summed E-state index contributed by atoms with van der Waals surface area (Å²) in [7, 11) is 0. The van der Waals surface area contributed by atoms with E-state index in [1.807, 2.05) is 29.2 Å². The maximum atomic E-state index is 12.2.